The molecule has 21 heavy (non-hydrogen) atoms. The zero-order chi connectivity index (χ0) is 15.6. The second-order valence-electron chi connectivity index (χ2n) is 5.03. The molecule has 0 atom stereocenters. The van der Waals surface area contributed by atoms with Crippen molar-refractivity contribution in [3.05, 3.63) is 41.0 Å². The van der Waals surface area contributed by atoms with E-state index in [1.807, 2.05) is 6.07 Å². The molecule has 0 aliphatic rings. The Morgan fingerprint density at radius 3 is 2.62 bits per heavy atom. The van der Waals surface area contributed by atoms with Gasteiger partial charge in [0.25, 0.3) is 5.91 Å². The molecule has 0 fully saturated rings. The van der Waals surface area contributed by atoms with E-state index in [4.69, 9.17) is 16.7 Å². The standard InChI is InChI=1S/C14H14ClN3O3/c1-14(2,13(20)21)16-12(19)11-7-10(17-18-11)8-5-3-4-6-9(8)15/h3-7H,1-2H3,(H,16,19)(H,17,18)(H,20,21). The zero-order valence-electron chi connectivity index (χ0n) is 11.5. The molecule has 0 aliphatic heterocycles. The van der Waals surface area contributed by atoms with Crippen LogP contribution in [0, 0.1) is 0 Å². The van der Waals surface area contributed by atoms with Crippen LogP contribution in [0.1, 0.15) is 24.3 Å². The number of carboxylic acid groups (broad SMARTS) is 1. The highest BCUT2D eigenvalue weighted by Crippen LogP contribution is 2.26. The molecular weight excluding hydrogens is 294 g/mol. The van der Waals surface area contributed by atoms with Gasteiger partial charge in [-0.1, -0.05) is 29.8 Å². The SMILES string of the molecule is CC(C)(NC(=O)c1cc(-c2ccccc2Cl)n[nH]1)C(=O)O. The second-order valence-corrected chi connectivity index (χ2v) is 5.44. The van der Waals surface area contributed by atoms with Crippen molar-refractivity contribution in [1.82, 2.24) is 15.5 Å². The molecule has 7 heteroatoms. The van der Waals surface area contributed by atoms with E-state index in [0.29, 0.717) is 16.3 Å². The van der Waals surface area contributed by atoms with E-state index < -0.39 is 17.4 Å². The lowest BCUT2D eigenvalue weighted by Crippen LogP contribution is -2.49. The molecule has 1 amide bonds. The summed E-state index contributed by atoms with van der Waals surface area (Å²) in [7, 11) is 0. The number of aromatic amines is 1. The second kappa shape index (κ2) is 5.57. The van der Waals surface area contributed by atoms with Crippen LogP contribution in [0.4, 0.5) is 0 Å². The number of rotatable bonds is 4. The normalized spacial score (nSPS) is 11.2. The Hall–Kier alpha value is -2.34. The first-order valence-corrected chi connectivity index (χ1v) is 6.55. The van der Waals surface area contributed by atoms with E-state index in [9.17, 15) is 9.59 Å². The highest BCUT2D eigenvalue weighted by molar-refractivity contribution is 6.33. The van der Waals surface area contributed by atoms with Crippen LogP contribution >= 0.6 is 11.6 Å². The molecule has 1 aromatic heterocycles. The Labute approximate surface area is 126 Å². The molecule has 0 spiro atoms. The van der Waals surface area contributed by atoms with E-state index >= 15 is 0 Å². The van der Waals surface area contributed by atoms with Crippen molar-refractivity contribution < 1.29 is 14.7 Å². The first-order chi connectivity index (χ1) is 9.81. The van der Waals surface area contributed by atoms with Gasteiger partial charge in [0, 0.05) is 5.56 Å². The summed E-state index contributed by atoms with van der Waals surface area (Å²) in [6.45, 7) is 2.80. The number of nitrogens with one attached hydrogen (secondary N) is 2. The van der Waals surface area contributed by atoms with Crippen LogP contribution in [0.25, 0.3) is 11.3 Å². The first-order valence-electron chi connectivity index (χ1n) is 6.17. The molecule has 0 aliphatic carbocycles. The molecule has 0 saturated carbocycles. The Balaban J connectivity index is 2.23. The molecule has 110 valence electrons. The van der Waals surface area contributed by atoms with Crippen molar-refractivity contribution in [2.24, 2.45) is 0 Å². The van der Waals surface area contributed by atoms with E-state index in [2.05, 4.69) is 15.5 Å². The van der Waals surface area contributed by atoms with Crippen molar-refractivity contribution in [2.75, 3.05) is 0 Å². The number of amides is 1. The summed E-state index contributed by atoms with van der Waals surface area (Å²) in [6, 6.07) is 8.62. The highest BCUT2D eigenvalue weighted by Gasteiger charge is 2.30. The van der Waals surface area contributed by atoms with Gasteiger partial charge >= 0.3 is 5.97 Å². The average Bonchev–Trinajstić information content (AvgIpc) is 2.88. The number of hydrogen-bond donors (Lipinski definition) is 3. The number of halogens is 1. The Morgan fingerprint density at radius 2 is 2.00 bits per heavy atom. The van der Waals surface area contributed by atoms with Crippen LogP contribution in [-0.4, -0.2) is 32.7 Å². The average molecular weight is 308 g/mol. The van der Waals surface area contributed by atoms with Gasteiger partial charge in [0.1, 0.15) is 11.2 Å². The third-order valence-electron chi connectivity index (χ3n) is 2.93. The van der Waals surface area contributed by atoms with Gasteiger partial charge in [-0.3, -0.25) is 9.89 Å². The van der Waals surface area contributed by atoms with Crippen LogP contribution in [0.5, 0.6) is 0 Å². The molecule has 0 unspecified atom stereocenters. The van der Waals surface area contributed by atoms with Crippen molar-refractivity contribution >= 4 is 23.5 Å². The van der Waals surface area contributed by atoms with Crippen LogP contribution in [0.3, 0.4) is 0 Å². The lowest BCUT2D eigenvalue weighted by atomic mass is 10.1. The lowest BCUT2D eigenvalue weighted by Gasteiger charge is -2.20. The van der Waals surface area contributed by atoms with Gasteiger partial charge < -0.3 is 10.4 Å². The molecule has 1 aromatic carbocycles. The van der Waals surface area contributed by atoms with E-state index in [0.717, 1.165) is 0 Å². The molecule has 6 nitrogen and oxygen atoms in total. The maximum absolute atomic E-state index is 12.0. The Kier molecular flexibility index (Phi) is 3.99. The lowest BCUT2D eigenvalue weighted by molar-refractivity contribution is -0.143. The molecule has 0 saturated heterocycles. The Bertz CT molecular complexity index is 694. The van der Waals surface area contributed by atoms with Crippen LogP contribution in [0.2, 0.25) is 5.02 Å². The molecule has 2 aromatic rings. The monoisotopic (exact) mass is 307 g/mol. The quantitative estimate of drug-likeness (QED) is 0.808. The number of carboxylic acids is 1. The van der Waals surface area contributed by atoms with Gasteiger partial charge in [0.2, 0.25) is 0 Å². The number of hydrogen-bond acceptors (Lipinski definition) is 3. The number of H-pyrrole nitrogens is 1. The fourth-order valence-corrected chi connectivity index (χ4v) is 1.88. The number of aliphatic carboxylic acids is 1. The molecule has 1 heterocycles. The van der Waals surface area contributed by atoms with Crippen molar-refractivity contribution in [3.63, 3.8) is 0 Å². The van der Waals surface area contributed by atoms with Gasteiger partial charge in [0.15, 0.2) is 0 Å². The number of aromatic nitrogens is 2. The highest BCUT2D eigenvalue weighted by atomic mass is 35.5. The van der Waals surface area contributed by atoms with Gasteiger partial charge in [-0.15, -0.1) is 0 Å². The molecular formula is C14H14ClN3O3. The van der Waals surface area contributed by atoms with Gasteiger partial charge in [0.05, 0.1) is 10.7 Å². The fraction of sp³-hybridized carbons (Fsp3) is 0.214. The molecule has 0 radical (unpaired) electrons. The third kappa shape index (κ3) is 3.22. The van der Waals surface area contributed by atoms with Crippen LogP contribution in [0.15, 0.2) is 30.3 Å². The van der Waals surface area contributed by atoms with E-state index in [-0.39, 0.29) is 5.69 Å². The van der Waals surface area contributed by atoms with Gasteiger partial charge in [-0.2, -0.15) is 5.10 Å². The number of carbonyl (C=O) groups is 2. The minimum Gasteiger partial charge on any atom is -0.480 e. The van der Waals surface area contributed by atoms with Crippen molar-refractivity contribution in [1.29, 1.82) is 0 Å². The summed E-state index contributed by atoms with van der Waals surface area (Å²) in [5.74, 6) is -1.67. The summed E-state index contributed by atoms with van der Waals surface area (Å²) in [6.07, 6.45) is 0. The smallest absolute Gasteiger partial charge is 0.328 e. The van der Waals surface area contributed by atoms with Gasteiger partial charge in [-0.25, -0.2) is 4.79 Å². The maximum Gasteiger partial charge on any atom is 0.328 e. The Morgan fingerprint density at radius 1 is 1.33 bits per heavy atom. The minimum absolute atomic E-state index is 0.166. The maximum atomic E-state index is 12.0. The number of carbonyl (C=O) groups excluding carboxylic acids is 1. The largest absolute Gasteiger partial charge is 0.480 e. The predicted molar refractivity (Wildman–Crippen MR) is 78.2 cm³/mol. The number of nitrogens with zero attached hydrogens (tertiary/aromatic N) is 1. The fourth-order valence-electron chi connectivity index (χ4n) is 1.65. The molecule has 3 N–H and O–H groups in total. The zero-order valence-corrected chi connectivity index (χ0v) is 12.2. The van der Waals surface area contributed by atoms with Gasteiger partial charge in [-0.05, 0) is 26.0 Å². The minimum atomic E-state index is -1.37. The molecule has 0 bridgehead atoms. The van der Waals surface area contributed by atoms with Crippen molar-refractivity contribution in [2.45, 2.75) is 19.4 Å². The summed E-state index contributed by atoms with van der Waals surface area (Å²) in [4.78, 5) is 23.0. The number of benzene rings is 1. The summed E-state index contributed by atoms with van der Waals surface area (Å²) < 4.78 is 0. The molecule has 2 rings (SSSR count). The summed E-state index contributed by atoms with van der Waals surface area (Å²) in [5.41, 5.74) is -0.00248. The summed E-state index contributed by atoms with van der Waals surface area (Å²) in [5, 5.41) is 18.5. The van der Waals surface area contributed by atoms with Crippen molar-refractivity contribution in [3.8, 4) is 11.3 Å². The first kappa shape index (κ1) is 15.1. The summed E-state index contributed by atoms with van der Waals surface area (Å²) >= 11 is 6.06. The van der Waals surface area contributed by atoms with E-state index in [1.54, 1.807) is 18.2 Å². The van der Waals surface area contributed by atoms with Crippen LogP contribution < -0.4 is 5.32 Å². The predicted octanol–water partition coefficient (Wildman–Crippen LogP) is 2.32. The topological polar surface area (TPSA) is 95.1 Å². The van der Waals surface area contributed by atoms with Crippen LogP contribution in [-0.2, 0) is 4.79 Å². The third-order valence-corrected chi connectivity index (χ3v) is 3.26. The van der Waals surface area contributed by atoms with E-state index in [1.165, 1.54) is 19.9 Å².